The molecule has 7 heteroatoms. The number of carbonyl (C=O) groups is 1. The number of rotatable bonds is 5. The van der Waals surface area contributed by atoms with Gasteiger partial charge in [-0.25, -0.2) is 13.8 Å². The van der Waals surface area contributed by atoms with E-state index in [0.29, 0.717) is 4.88 Å². The van der Waals surface area contributed by atoms with Crippen molar-refractivity contribution in [1.82, 2.24) is 9.88 Å². The maximum atomic E-state index is 12.2. The Balaban J connectivity index is 2.74. The third-order valence-electron chi connectivity index (χ3n) is 1.83. The van der Waals surface area contributed by atoms with Gasteiger partial charge >= 0.3 is 0 Å². The van der Waals surface area contributed by atoms with Crippen LogP contribution in [0.4, 0.5) is 8.78 Å². The first-order valence-corrected chi connectivity index (χ1v) is 5.95. The van der Waals surface area contributed by atoms with Crippen LogP contribution in [0, 0.1) is 6.92 Å². The van der Waals surface area contributed by atoms with Gasteiger partial charge in [0.15, 0.2) is 0 Å². The highest BCUT2D eigenvalue weighted by Gasteiger charge is 2.20. The van der Waals surface area contributed by atoms with Crippen LogP contribution < -0.4 is 0 Å². The molecule has 0 fully saturated rings. The predicted octanol–water partition coefficient (Wildman–Crippen LogP) is 2.40. The zero-order valence-electron chi connectivity index (χ0n) is 8.62. The standard InChI is InChI=1S/C9H11ClF2N2OS/c1-6-13-4-7(16-6)9(15)14(3-2-10)5-8(11)12/h4,8H,2-3,5H2,1H3. The molecule has 0 bridgehead atoms. The topological polar surface area (TPSA) is 33.2 Å². The lowest BCUT2D eigenvalue weighted by atomic mass is 10.4. The fraction of sp³-hybridized carbons (Fsp3) is 0.556. The van der Waals surface area contributed by atoms with Gasteiger partial charge in [-0.1, -0.05) is 0 Å². The highest BCUT2D eigenvalue weighted by Crippen LogP contribution is 2.15. The monoisotopic (exact) mass is 268 g/mol. The molecule has 0 aliphatic carbocycles. The Bertz CT molecular complexity index is 359. The molecule has 1 aromatic heterocycles. The summed E-state index contributed by atoms with van der Waals surface area (Å²) in [7, 11) is 0. The minimum absolute atomic E-state index is 0.113. The van der Waals surface area contributed by atoms with Crippen molar-refractivity contribution in [2.45, 2.75) is 13.3 Å². The summed E-state index contributed by atoms with van der Waals surface area (Å²) in [5.41, 5.74) is 0. The third kappa shape index (κ3) is 3.68. The summed E-state index contributed by atoms with van der Waals surface area (Å²) in [5, 5.41) is 0.728. The molecule has 0 saturated heterocycles. The highest BCUT2D eigenvalue weighted by atomic mass is 35.5. The van der Waals surface area contributed by atoms with Gasteiger partial charge in [-0.05, 0) is 6.92 Å². The van der Waals surface area contributed by atoms with Gasteiger partial charge in [0.25, 0.3) is 12.3 Å². The van der Waals surface area contributed by atoms with E-state index in [1.165, 1.54) is 17.5 Å². The second-order valence-electron chi connectivity index (χ2n) is 3.07. The van der Waals surface area contributed by atoms with Crippen LogP contribution in [0.15, 0.2) is 6.20 Å². The van der Waals surface area contributed by atoms with E-state index in [-0.39, 0.29) is 12.4 Å². The fourth-order valence-electron chi connectivity index (χ4n) is 1.16. The number of thiazole rings is 1. The first kappa shape index (κ1) is 13.3. The normalized spacial score (nSPS) is 10.8. The lowest BCUT2D eigenvalue weighted by molar-refractivity contribution is 0.0575. The molecule has 1 rings (SSSR count). The van der Waals surface area contributed by atoms with Gasteiger partial charge in [0.1, 0.15) is 4.88 Å². The van der Waals surface area contributed by atoms with Crippen LogP contribution in [-0.4, -0.2) is 41.2 Å². The van der Waals surface area contributed by atoms with Crippen molar-refractivity contribution in [3.05, 3.63) is 16.1 Å². The first-order valence-electron chi connectivity index (χ1n) is 4.60. The van der Waals surface area contributed by atoms with Crippen molar-refractivity contribution in [2.75, 3.05) is 19.0 Å². The second kappa shape index (κ2) is 6.10. The first-order chi connectivity index (χ1) is 7.54. The van der Waals surface area contributed by atoms with Gasteiger partial charge in [0, 0.05) is 12.4 Å². The van der Waals surface area contributed by atoms with E-state index >= 15 is 0 Å². The van der Waals surface area contributed by atoms with Crippen molar-refractivity contribution in [2.24, 2.45) is 0 Å². The molecule has 1 amide bonds. The molecular weight excluding hydrogens is 258 g/mol. The summed E-state index contributed by atoms with van der Waals surface area (Å²) in [6.07, 6.45) is -1.16. The number of aromatic nitrogens is 1. The van der Waals surface area contributed by atoms with E-state index < -0.39 is 18.9 Å². The predicted molar refractivity (Wildman–Crippen MR) is 59.5 cm³/mol. The van der Waals surface area contributed by atoms with E-state index in [4.69, 9.17) is 11.6 Å². The zero-order chi connectivity index (χ0) is 12.1. The molecule has 0 spiro atoms. The molecule has 0 unspecified atom stereocenters. The van der Waals surface area contributed by atoms with Gasteiger partial charge < -0.3 is 4.90 Å². The molecule has 0 aliphatic heterocycles. The van der Waals surface area contributed by atoms with Crippen LogP contribution in [0.25, 0.3) is 0 Å². The molecule has 0 aromatic carbocycles. The Labute approximate surface area is 101 Å². The molecule has 0 N–H and O–H groups in total. The van der Waals surface area contributed by atoms with Crippen molar-refractivity contribution >= 4 is 28.8 Å². The van der Waals surface area contributed by atoms with Crippen molar-refractivity contribution in [1.29, 1.82) is 0 Å². The highest BCUT2D eigenvalue weighted by molar-refractivity contribution is 7.13. The molecular formula is C9H11ClF2N2OS. The summed E-state index contributed by atoms with van der Waals surface area (Å²) >= 11 is 6.65. The molecule has 0 radical (unpaired) electrons. The van der Waals surface area contributed by atoms with Crippen LogP contribution in [0.2, 0.25) is 0 Å². The molecule has 3 nitrogen and oxygen atoms in total. The SMILES string of the molecule is Cc1ncc(C(=O)N(CCCl)CC(F)F)s1. The number of carbonyl (C=O) groups excluding carboxylic acids is 1. The van der Waals surface area contributed by atoms with E-state index in [0.717, 1.165) is 9.91 Å². The Morgan fingerprint density at radius 2 is 2.38 bits per heavy atom. The Morgan fingerprint density at radius 3 is 2.81 bits per heavy atom. The minimum Gasteiger partial charge on any atom is -0.331 e. The molecule has 1 aromatic rings. The van der Waals surface area contributed by atoms with Crippen molar-refractivity contribution in [3.8, 4) is 0 Å². The van der Waals surface area contributed by atoms with Gasteiger partial charge in [0.2, 0.25) is 0 Å². The van der Waals surface area contributed by atoms with Crippen LogP contribution in [-0.2, 0) is 0 Å². The maximum Gasteiger partial charge on any atom is 0.265 e. The molecule has 0 saturated carbocycles. The van der Waals surface area contributed by atoms with E-state index in [1.54, 1.807) is 6.92 Å². The summed E-state index contributed by atoms with van der Waals surface area (Å²) in [5.74, 6) is -0.303. The van der Waals surface area contributed by atoms with Crippen LogP contribution in [0.5, 0.6) is 0 Å². The molecule has 1 heterocycles. The Hall–Kier alpha value is -0.750. The van der Waals surface area contributed by atoms with Crippen LogP contribution in [0.1, 0.15) is 14.7 Å². The number of amides is 1. The van der Waals surface area contributed by atoms with E-state index in [9.17, 15) is 13.6 Å². The van der Waals surface area contributed by atoms with Gasteiger partial charge in [-0.3, -0.25) is 4.79 Å². The third-order valence-corrected chi connectivity index (χ3v) is 2.90. The average molecular weight is 269 g/mol. The number of alkyl halides is 3. The van der Waals surface area contributed by atoms with Crippen LogP contribution in [0.3, 0.4) is 0 Å². The smallest absolute Gasteiger partial charge is 0.265 e. The Kier molecular flexibility index (Phi) is 5.08. The molecule has 90 valence electrons. The van der Waals surface area contributed by atoms with Gasteiger partial charge in [-0.2, -0.15) is 0 Å². The maximum absolute atomic E-state index is 12.2. The Morgan fingerprint density at radius 1 is 1.69 bits per heavy atom. The summed E-state index contributed by atoms with van der Waals surface area (Å²) < 4.78 is 24.5. The van der Waals surface area contributed by atoms with Crippen molar-refractivity contribution < 1.29 is 13.6 Å². The molecule has 0 aliphatic rings. The summed E-state index contributed by atoms with van der Waals surface area (Å²) in [6.45, 7) is 1.27. The van der Waals surface area contributed by atoms with Crippen molar-refractivity contribution in [3.63, 3.8) is 0 Å². The minimum atomic E-state index is -2.55. The second-order valence-corrected chi connectivity index (χ2v) is 4.69. The number of hydrogen-bond acceptors (Lipinski definition) is 3. The number of nitrogens with zero attached hydrogens (tertiary/aromatic N) is 2. The zero-order valence-corrected chi connectivity index (χ0v) is 10.2. The number of hydrogen-bond donors (Lipinski definition) is 0. The summed E-state index contributed by atoms with van der Waals surface area (Å²) in [6, 6.07) is 0. The van der Waals surface area contributed by atoms with Crippen LogP contribution >= 0.6 is 22.9 Å². The number of halogens is 3. The largest absolute Gasteiger partial charge is 0.331 e. The molecule has 0 atom stereocenters. The number of aryl methyl sites for hydroxylation is 1. The molecule has 16 heavy (non-hydrogen) atoms. The lowest BCUT2D eigenvalue weighted by Gasteiger charge is -2.19. The average Bonchev–Trinajstić information content (AvgIpc) is 2.62. The quantitative estimate of drug-likeness (QED) is 0.769. The fourth-order valence-corrected chi connectivity index (χ4v) is 2.11. The van der Waals surface area contributed by atoms with Gasteiger partial charge in [-0.15, -0.1) is 22.9 Å². The summed E-state index contributed by atoms with van der Waals surface area (Å²) in [4.78, 5) is 17.1. The lowest BCUT2D eigenvalue weighted by Crippen LogP contribution is -2.36. The van der Waals surface area contributed by atoms with E-state index in [2.05, 4.69) is 4.98 Å². The van der Waals surface area contributed by atoms with Gasteiger partial charge in [0.05, 0.1) is 17.7 Å². The van der Waals surface area contributed by atoms with E-state index in [1.807, 2.05) is 0 Å².